The second-order valence-corrected chi connectivity index (χ2v) is 11.7. The minimum Gasteiger partial charge on any atom is -0.343 e. The first-order valence-electron chi connectivity index (χ1n) is 13.6. The van der Waals surface area contributed by atoms with E-state index in [2.05, 4.69) is 38.1 Å². The van der Waals surface area contributed by atoms with Gasteiger partial charge >= 0.3 is 0 Å². The van der Waals surface area contributed by atoms with Crippen molar-refractivity contribution in [2.45, 2.75) is 43.3 Å². The summed E-state index contributed by atoms with van der Waals surface area (Å²) in [6.45, 7) is 1.59. The molecule has 0 saturated heterocycles. The van der Waals surface area contributed by atoms with E-state index in [0.29, 0.717) is 13.1 Å². The Hall–Kier alpha value is -3.85. The van der Waals surface area contributed by atoms with Gasteiger partial charge in [0.2, 0.25) is 10.0 Å². The summed E-state index contributed by atoms with van der Waals surface area (Å²) in [5, 5.41) is 3.48. The lowest BCUT2D eigenvalue weighted by Crippen LogP contribution is -2.38. The van der Waals surface area contributed by atoms with E-state index in [1.54, 1.807) is 30.3 Å². The van der Waals surface area contributed by atoms with Crippen LogP contribution in [0.4, 0.5) is 5.69 Å². The zero-order valence-electron chi connectivity index (χ0n) is 22.7. The molecular formula is C32H35N5O2S. The molecule has 1 aliphatic carbocycles. The van der Waals surface area contributed by atoms with Crippen molar-refractivity contribution in [2.75, 3.05) is 18.9 Å². The summed E-state index contributed by atoms with van der Waals surface area (Å²) in [4.78, 5) is 12.1. The lowest BCUT2D eigenvalue weighted by molar-refractivity contribution is 0.191. The molecule has 1 atom stereocenters. The lowest BCUT2D eigenvalue weighted by atomic mass is 9.90. The molecule has 8 heteroatoms. The van der Waals surface area contributed by atoms with E-state index < -0.39 is 10.0 Å². The molecule has 0 bridgehead atoms. The van der Waals surface area contributed by atoms with Crippen LogP contribution in [0.25, 0.3) is 0 Å². The summed E-state index contributed by atoms with van der Waals surface area (Å²) in [5.41, 5.74) is 5.52. The normalized spacial score (nSPS) is 15.6. The van der Waals surface area contributed by atoms with Crippen LogP contribution in [0.5, 0.6) is 0 Å². The van der Waals surface area contributed by atoms with E-state index in [1.165, 1.54) is 5.56 Å². The van der Waals surface area contributed by atoms with Gasteiger partial charge in [-0.05, 0) is 66.3 Å². The second-order valence-electron chi connectivity index (χ2n) is 9.98. The molecule has 40 heavy (non-hydrogen) atoms. The standard InChI is InChI=1S/C32H35N5O2S/c1-33-31(36-28-12-4-2-5-13-28)24-37(30-16-8-10-27-11-9-21-34-32(27)30)23-26-19-17-25(18-20-26)22-35-40(38,39)29-14-6-3-7-15-29/h2-7,9,11-15,17-21,30,35H,8,10,16,22-24H2,1H3,(H,33,36). The summed E-state index contributed by atoms with van der Waals surface area (Å²) >= 11 is 0. The highest BCUT2D eigenvalue weighted by Gasteiger charge is 2.28. The van der Waals surface area contributed by atoms with Gasteiger partial charge in [-0.1, -0.05) is 66.7 Å². The number of nitrogens with one attached hydrogen (secondary N) is 2. The molecule has 1 aromatic heterocycles. The number of anilines is 1. The third-order valence-corrected chi connectivity index (χ3v) is 8.64. The first-order valence-corrected chi connectivity index (χ1v) is 15.1. The third kappa shape index (κ3) is 7.01. The summed E-state index contributed by atoms with van der Waals surface area (Å²) in [5.74, 6) is 0.890. The topological polar surface area (TPSA) is 86.7 Å². The predicted molar refractivity (Wildman–Crippen MR) is 161 cm³/mol. The third-order valence-electron chi connectivity index (χ3n) is 7.22. The van der Waals surface area contributed by atoms with Crippen LogP contribution in [-0.4, -0.2) is 37.7 Å². The van der Waals surface area contributed by atoms with Crippen molar-refractivity contribution in [1.82, 2.24) is 14.6 Å². The van der Waals surface area contributed by atoms with Gasteiger partial charge in [-0.25, -0.2) is 13.1 Å². The molecule has 1 heterocycles. The number of hydrogen-bond acceptors (Lipinski definition) is 5. The van der Waals surface area contributed by atoms with Crippen molar-refractivity contribution in [3.05, 3.63) is 126 Å². The van der Waals surface area contributed by atoms with Gasteiger partial charge in [0, 0.05) is 32.0 Å². The molecule has 0 saturated carbocycles. The van der Waals surface area contributed by atoms with Crippen LogP contribution in [0.1, 0.15) is 41.3 Å². The molecule has 4 aromatic rings. The Morgan fingerprint density at radius 3 is 2.35 bits per heavy atom. The van der Waals surface area contributed by atoms with Crippen LogP contribution in [0.3, 0.4) is 0 Å². The van der Waals surface area contributed by atoms with Crippen LogP contribution in [0.2, 0.25) is 0 Å². The van der Waals surface area contributed by atoms with Gasteiger partial charge in [0.05, 0.1) is 23.2 Å². The van der Waals surface area contributed by atoms with Crippen LogP contribution < -0.4 is 10.0 Å². The SMILES string of the molecule is CN=C(CN(Cc1ccc(CNS(=O)(=O)c2ccccc2)cc1)C1CCCc2cccnc21)Nc1ccccc1. The van der Waals surface area contributed by atoms with Gasteiger partial charge in [-0.2, -0.15) is 0 Å². The number of benzene rings is 3. The number of nitrogens with zero attached hydrogens (tertiary/aromatic N) is 3. The Kier molecular flexibility index (Phi) is 9.01. The van der Waals surface area contributed by atoms with E-state index in [9.17, 15) is 8.42 Å². The van der Waals surface area contributed by atoms with E-state index in [4.69, 9.17) is 4.98 Å². The summed E-state index contributed by atoms with van der Waals surface area (Å²) in [7, 11) is -1.74. The van der Waals surface area contributed by atoms with Crippen molar-refractivity contribution in [3.8, 4) is 0 Å². The Morgan fingerprint density at radius 2 is 1.62 bits per heavy atom. The first kappa shape index (κ1) is 27.7. The Bertz CT molecular complexity index is 1520. The maximum absolute atomic E-state index is 12.6. The molecule has 0 amide bonds. The minimum absolute atomic E-state index is 0.177. The number of aliphatic imine (C=N–C) groups is 1. The Morgan fingerprint density at radius 1 is 0.925 bits per heavy atom. The zero-order chi connectivity index (χ0) is 27.8. The van der Waals surface area contributed by atoms with Crippen molar-refractivity contribution < 1.29 is 8.42 Å². The van der Waals surface area contributed by atoms with E-state index in [-0.39, 0.29) is 17.5 Å². The fraction of sp³-hybridized carbons (Fsp3) is 0.250. The molecule has 0 radical (unpaired) electrons. The van der Waals surface area contributed by atoms with Gasteiger partial charge in [0.15, 0.2) is 0 Å². The van der Waals surface area contributed by atoms with Gasteiger partial charge in [0.25, 0.3) is 0 Å². The molecule has 1 aliphatic rings. The van der Waals surface area contributed by atoms with Gasteiger partial charge in [-0.15, -0.1) is 0 Å². The summed E-state index contributed by atoms with van der Waals surface area (Å²) in [6.07, 6.45) is 5.09. The van der Waals surface area contributed by atoms with Crippen LogP contribution in [0, 0.1) is 0 Å². The quantitative estimate of drug-likeness (QED) is 0.198. The maximum Gasteiger partial charge on any atom is 0.240 e. The smallest absolute Gasteiger partial charge is 0.240 e. The number of para-hydroxylation sites is 1. The largest absolute Gasteiger partial charge is 0.343 e. The summed E-state index contributed by atoms with van der Waals surface area (Å²) in [6, 6.07) is 31.1. The fourth-order valence-corrected chi connectivity index (χ4v) is 6.16. The first-order chi connectivity index (χ1) is 19.5. The number of sulfonamides is 1. The molecule has 0 fully saturated rings. The number of hydrogen-bond donors (Lipinski definition) is 2. The number of aromatic nitrogens is 1. The average molecular weight is 554 g/mol. The minimum atomic E-state index is -3.56. The highest BCUT2D eigenvalue weighted by Crippen LogP contribution is 2.33. The molecule has 3 aromatic carbocycles. The van der Waals surface area contributed by atoms with Crippen molar-refractivity contribution in [3.63, 3.8) is 0 Å². The van der Waals surface area contributed by atoms with Gasteiger partial charge in [0.1, 0.15) is 5.84 Å². The monoisotopic (exact) mass is 553 g/mol. The fourth-order valence-electron chi connectivity index (χ4n) is 5.12. The lowest BCUT2D eigenvalue weighted by Gasteiger charge is -2.35. The number of pyridine rings is 1. The molecular weight excluding hydrogens is 518 g/mol. The van der Waals surface area contributed by atoms with Crippen LogP contribution in [0.15, 0.2) is 113 Å². The number of fused-ring (bicyclic) bond motifs is 1. The molecule has 0 aliphatic heterocycles. The Labute approximate surface area is 237 Å². The Balaban J connectivity index is 1.32. The number of aryl methyl sites for hydroxylation is 1. The van der Waals surface area contributed by atoms with E-state index >= 15 is 0 Å². The maximum atomic E-state index is 12.6. The number of amidine groups is 1. The molecule has 206 valence electrons. The highest BCUT2D eigenvalue weighted by atomic mass is 32.2. The predicted octanol–water partition coefficient (Wildman–Crippen LogP) is 5.58. The van der Waals surface area contributed by atoms with Gasteiger partial charge in [-0.3, -0.25) is 14.9 Å². The number of rotatable bonds is 10. The second kappa shape index (κ2) is 13.0. The molecule has 2 N–H and O–H groups in total. The molecule has 0 spiro atoms. The average Bonchev–Trinajstić information content (AvgIpc) is 3.00. The molecule has 7 nitrogen and oxygen atoms in total. The zero-order valence-corrected chi connectivity index (χ0v) is 23.5. The van der Waals surface area contributed by atoms with Crippen molar-refractivity contribution in [2.24, 2.45) is 4.99 Å². The molecule has 5 rings (SSSR count). The van der Waals surface area contributed by atoms with Crippen molar-refractivity contribution >= 4 is 21.5 Å². The van der Waals surface area contributed by atoms with E-state index in [0.717, 1.165) is 47.6 Å². The van der Waals surface area contributed by atoms with Gasteiger partial charge < -0.3 is 5.32 Å². The summed E-state index contributed by atoms with van der Waals surface area (Å²) < 4.78 is 27.9. The van der Waals surface area contributed by atoms with Crippen molar-refractivity contribution in [1.29, 1.82) is 0 Å². The van der Waals surface area contributed by atoms with Crippen LogP contribution >= 0.6 is 0 Å². The molecule has 1 unspecified atom stereocenters. The van der Waals surface area contributed by atoms with E-state index in [1.807, 2.05) is 61.8 Å². The van der Waals surface area contributed by atoms with Crippen LogP contribution in [-0.2, 0) is 29.5 Å². The highest BCUT2D eigenvalue weighted by molar-refractivity contribution is 7.89.